The van der Waals surface area contributed by atoms with Gasteiger partial charge in [0.1, 0.15) is 24.3 Å². The first-order valence-electron chi connectivity index (χ1n) is 10.9. The van der Waals surface area contributed by atoms with Crippen LogP contribution in [0.3, 0.4) is 0 Å². The smallest absolute Gasteiger partial charge is 0.244 e. The fourth-order valence-corrected chi connectivity index (χ4v) is 4.09. The van der Waals surface area contributed by atoms with E-state index in [1.807, 2.05) is 54.2 Å². The Morgan fingerprint density at radius 2 is 1.91 bits per heavy atom. The molecule has 170 valence electrons. The number of aryl methyl sites for hydroxylation is 1. The number of imidazole rings is 1. The number of nitrogens with one attached hydrogen (secondary N) is 1. The normalized spacial score (nSPS) is 11.4. The molecule has 0 unspecified atom stereocenters. The van der Waals surface area contributed by atoms with Crippen LogP contribution in [0.5, 0.6) is 0 Å². The zero-order valence-electron chi connectivity index (χ0n) is 19.1. The molecule has 0 saturated carbocycles. The van der Waals surface area contributed by atoms with Crippen LogP contribution in [0, 0.1) is 6.92 Å². The number of nitrogens with zero attached hydrogens (tertiary/aromatic N) is 6. The first-order valence-corrected chi connectivity index (χ1v) is 10.9. The second-order valence-corrected chi connectivity index (χ2v) is 8.38. The van der Waals surface area contributed by atoms with Gasteiger partial charge in [0, 0.05) is 35.6 Å². The summed E-state index contributed by atoms with van der Waals surface area (Å²) in [6.45, 7) is 6.02. The van der Waals surface area contributed by atoms with Crippen molar-refractivity contribution in [2.75, 3.05) is 5.32 Å². The third-order valence-electron chi connectivity index (χ3n) is 5.73. The van der Waals surface area contributed by atoms with E-state index in [-0.39, 0.29) is 24.3 Å². The van der Waals surface area contributed by atoms with Crippen LogP contribution < -0.4 is 5.32 Å². The van der Waals surface area contributed by atoms with E-state index in [0.29, 0.717) is 27.8 Å². The van der Waals surface area contributed by atoms with Crippen LogP contribution in [0.2, 0.25) is 0 Å². The Kier molecular flexibility index (Phi) is 5.37. The number of hydrogen-bond donors (Lipinski definition) is 1. The van der Waals surface area contributed by atoms with Crippen molar-refractivity contribution in [2.24, 2.45) is 0 Å². The number of fused-ring (bicyclic) bond motifs is 2. The van der Waals surface area contributed by atoms with E-state index in [1.165, 1.54) is 18.7 Å². The molecule has 0 radical (unpaired) electrons. The molecule has 0 aliphatic heterocycles. The number of carbonyl (C=O) groups is 2. The lowest BCUT2D eigenvalue weighted by Crippen LogP contribution is -2.19. The van der Waals surface area contributed by atoms with E-state index in [1.54, 1.807) is 18.5 Å². The van der Waals surface area contributed by atoms with E-state index in [2.05, 4.69) is 25.3 Å². The predicted molar refractivity (Wildman–Crippen MR) is 129 cm³/mol. The Balaban J connectivity index is 1.40. The highest BCUT2D eigenvalue weighted by Crippen LogP contribution is 2.25. The molecule has 0 aliphatic carbocycles. The topological polar surface area (TPSA) is 108 Å². The maximum absolute atomic E-state index is 13.3. The van der Waals surface area contributed by atoms with Crippen LogP contribution in [0.25, 0.3) is 22.1 Å². The largest absolute Gasteiger partial charge is 0.329 e. The van der Waals surface area contributed by atoms with E-state index in [4.69, 9.17) is 0 Å². The molecule has 4 heterocycles. The van der Waals surface area contributed by atoms with E-state index in [0.717, 1.165) is 16.9 Å². The molecular formula is C25H23N7O2. The molecule has 9 heteroatoms. The molecule has 9 nitrogen and oxygen atoms in total. The number of benzene rings is 1. The number of aromatic nitrogens is 6. The van der Waals surface area contributed by atoms with Crippen LogP contribution in [-0.4, -0.2) is 40.8 Å². The standard InChI is InChI=1S/C25H23N7O2/c1-15(2)31-12-20(19-11-27-14-28-25(19)31)24(34)17-8-18(10-26-9-17)30-23(33)13-32-16(3)29-21-6-4-5-7-22(21)32/h4-12,14-15H,13H2,1-3H3,(H,30,33). The summed E-state index contributed by atoms with van der Waals surface area (Å²) in [6.07, 6.45) is 7.93. The minimum atomic E-state index is -0.234. The summed E-state index contributed by atoms with van der Waals surface area (Å²) in [5, 5.41) is 3.53. The minimum Gasteiger partial charge on any atom is -0.329 e. The summed E-state index contributed by atoms with van der Waals surface area (Å²) >= 11 is 0. The molecule has 0 fully saturated rings. The van der Waals surface area contributed by atoms with Crippen molar-refractivity contribution < 1.29 is 9.59 Å². The average Bonchev–Trinajstić information content (AvgIpc) is 3.37. The summed E-state index contributed by atoms with van der Waals surface area (Å²) < 4.78 is 3.80. The lowest BCUT2D eigenvalue weighted by Gasteiger charge is -2.09. The number of hydrogen-bond acceptors (Lipinski definition) is 6. The zero-order chi connectivity index (χ0) is 23.8. The van der Waals surface area contributed by atoms with Gasteiger partial charge in [0.25, 0.3) is 0 Å². The minimum absolute atomic E-state index is 0.101. The van der Waals surface area contributed by atoms with Gasteiger partial charge in [-0.2, -0.15) is 0 Å². The Hall–Kier alpha value is -4.40. The highest BCUT2D eigenvalue weighted by Gasteiger charge is 2.20. The average molecular weight is 454 g/mol. The maximum atomic E-state index is 13.3. The SMILES string of the molecule is Cc1nc2ccccc2n1CC(=O)Nc1cncc(C(=O)c2cn(C(C)C)c3ncncc23)c1. The van der Waals surface area contributed by atoms with E-state index < -0.39 is 0 Å². The maximum Gasteiger partial charge on any atom is 0.244 e. The van der Waals surface area contributed by atoms with Crippen molar-refractivity contribution in [1.82, 2.24) is 29.1 Å². The Bertz CT molecular complexity index is 1550. The van der Waals surface area contributed by atoms with Gasteiger partial charge >= 0.3 is 0 Å². The third kappa shape index (κ3) is 3.81. The molecule has 0 atom stereocenters. The predicted octanol–water partition coefficient (Wildman–Crippen LogP) is 3.94. The first-order chi connectivity index (χ1) is 16.4. The summed E-state index contributed by atoms with van der Waals surface area (Å²) in [5.74, 6) is 0.309. The van der Waals surface area contributed by atoms with Crippen molar-refractivity contribution in [3.8, 4) is 0 Å². The van der Waals surface area contributed by atoms with Crippen LogP contribution in [0.4, 0.5) is 5.69 Å². The number of amides is 1. The molecule has 0 bridgehead atoms. The van der Waals surface area contributed by atoms with Gasteiger partial charge in [-0.3, -0.25) is 14.6 Å². The van der Waals surface area contributed by atoms with Gasteiger partial charge in [-0.15, -0.1) is 0 Å². The van der Waals surface area contributed by atoms with Gasteiger partial charge in [-0.05, 0) is 39.0 Å². The van der Waals surface area contributed by atoms with E-state index >= 15 is 0 Å². The quantitative estimate of drug-likeness (QED) is 0.390. The van der Waals surface area contributed by atoms with Crippen molar-refractivity contribution in [3.63, 3.8) is 0 Å². The highest BCUT2D eigenvalue weighted by molar-refractivity contribution is 6.16. The van der Waals surface area contributed by atoms with Crippen LogP contribution >= 0.6 is 0 Å². The second kappa shape index (κ2) is 8.51. The molecule has 0 saturated heterocycles. The molecule has 0 spiro atoms. The zero-order valence-corrected chi connectivity index (χ0v) is 19.1. The molecule has 5 aromatic rings. The van der Waals surface area contributed by atoms with Crippen LogP contribution in [0.15, 0.2) is 61.4 Å². The van der Waals surface area contributed by atoms with E-state index in [9.17, 15) is 9.59 Å². The third-order valence-corrected chi connectivity index (χ3v) is 5.73. The summed E-state index contributed by atoms with van der Waals surface area (Å²) in [7, 11) is 0. The molecule has 0 aliphatic rings. The van der Waals surface area contributed by atoms with Gasteiger partial charge in [-0.25, -0.2) is 15.0 Å². The van der Waals surface area contributed by atoms with Gasteiger partial charge < -0.3 is 14.5 Å². The van der Waals surface area contributed by atoms with Crippen molar-refractivity contribution in [3.05, 3.63) is 78.4 Å². The number of ketones is 1. The summed E-state index contributed by atoms with van der Waals surface area (Å²) in [5.41, 5.74) is 3.74. The number of pyridine rings is 1. The Morgan fingerprint density at radius 1 is 1.09 bits per heavy atom. The fraction of sp³-hybridized carbons (Fsp3) is 0.200. The van der Waals surface area contributed by atoms with Crippen molar-refractivity contribution in [2.45, 2.75) is 33.4 Å². The number of rotatable bonds is 6. The molecule has 5 rings (SSSR count). The first kappa shape index (κ1) is 21.4. The summed E-state index contributed by atoms with van der Waals surface area (Å²) in [6, 6.07) is 9.44. The monoisotopic (exact) mass is 453 g/mol. The molecule has 34 heavy (non-hydrogen) atoms. The Morgan fingerprint density at radius 3 is 2.74 bits per heavy atom. The van der Waals surface area contributed by atoms with Crippen LogP contribution in [-0.2, 0) is 11.3 Å². The number of carbonyl (C=O) groups excluding carboxylic acids is 2. The summed E-state index contributed by atoms with van der Waals surface area (Å²) in [4.78, 5) is 43.2. The molecule has 1 N–H and O–H groups in total. The molecular weight excluding hydrogens is 430 g/mol. The lowest BCUT2D eigenvalue weighted by molar-refractivity contribution is -0.116. The van der Waals surface area contributed by atoms with Crippen molar-refractivity contribution >= 4 is 39.4 Å². The number of anilines is 1. The Labute approximate surface area is 195 Å². The number of para-hydroxylation sites is 2. The van der Waals surface area contributed by atoms with Gasteiger partial charge in [-0.1, -0.05) is 12.1 Å². The second-order valence-electron chi connectivity index (χ2n) is 8.38. The highest BCUT2D eigenvalue weighted by atomic mass is 16.2. The molecule has 1 aromatic carbocycles. The fourth-order valence-electron chi connectivity index (χ4n) is 4.09. The van der Waals surface area contributed by atoms with Gasteiger partial charge in [0.15, 0.2) is 5.78 Å². The van der Waals surface area contributed by atoms with Gasteiger partial charge in [0.05, 0.1) is 28.5 Å². The van der Waals surface area contributed by atoms with Gasteiger partial charge in [0.2, 0.25) is 5.91 Å². The van der Waals surface area contributed by atoms with Crippen LogP contribution in [0.1, 0.15) is 41.6 Å². The van der Waals surface area contributed by atoms with Crippen molar-refractivity contribution in [1.29, 1.82) is 0 Å². The molecule has 1 amide bonds. The molecule has 4 aromatic heterocycles. The lowest BCUT2D eigenvalue weighted by atomic mass is 10.1.